The van der Waals surface area contributed by atoms with E-state index in [4.69, 9.17) is 19.9 Å². The molecule has 0 saturated carbocycles. The van der Waals surface area contributed by atoms with E-state index < -0.39 is 5.97 Å². The average Bonchev–Trinajstić information content (AvgIpc) is 2.69. The second-order valence-electron chi connectivity index (χ2n) is 6.07. The maximum absolute atomic E-state index is 12.7. The Kier molecular flexibility index (Phi) is 6.04. The molecule has 0 saturated heterocycles. The van der Waals surface area contributed by atoms with E-state index in [0.29, 0.717) is 23.3 Å². The van der Waals surface area contributed by atoms with Gasteiger partial charge in [0.2, 0.25) is 0 Å². The maximum atomic E-state index is 12.7. The number of anilines is 1. The molecule has 0 aliphatic rings. The number of hydrogen-bond donors (Lipinski definition) is 1. The van der Waals surface area contributed by atoms with Gasteiger partial charge in [-0.2, -0.15) is 0 Å². The molecule has 146 valence electrons. The van der Waals surface area contributed by atoms with Crippen molar-refractivity contribution in [1.82, 2.24) is 4.98 Å². The number of methoxy groups -OCH3 is 2. The van der Waals surface area contributed by atoms with Gasteiger partial charge in [0.15, 0.2) is 0 Å². The summed E-state index contributed by atoms with van der Waals surface area (Å²) in [5.74, 6) is 0.997. The van der Waals surface area contributed by atoms with Crippen molar-refractivity contribution in [3.63, 3.8) is 0 Å². The highest BCUT2D eigenvalue weighted by Gasteiger charge is 2.24. The lowest BCUT2D eigenvalue weighted by atomic mass is 9.95. The topological polar surface area (TPSA) is 83.7 Å². The maximum Gasteiger partial charge on any atom is 0.342 e. The van der Waals surface area contributed by atoms with Gasteiger partial charge in [0.1, 0.15) is 22.9 Å². The summed E-state index contributed by atoms with van der Waals surface area (Å²) in [6.45, 7) is 2.00. The van der Waals surface area contributed by atoms with Gasteiger partial charge in [-0.05, 0) is 64.7 Å². The lowest BCUT2D eigenvalue weighted by Gasteiger charge is -2.17. The Morgan fingerprint density at radius 1 is 1.11 bits per heavy atom. The number of benzene rings is 2. The fraction of sp³-hybridized carbons (Fsp3) is 0.238. The van der Waals surface area contributed by atoms with E-state index in [-0.39, 0.29) is 18.0 Å². The standard InChI is InChI=1S/C21H21BrN2O4/c1-4-28-21(25)18-14(11-12-5-7-13(26-2)8-6-12)17-16(27-3)10-9-15(22)19(17)24-20(18)23/h5-10H,4,11H2,1-3H3,(H2,23,24). The first kappa shape index (κ1) is 19.9. The number of carbonyl (C=O) groups is 1. The van der Waals surface area contributed by atoms with Crippen LogP contribution in [-0.2, 0) is 11.2 Å². The number of nitrogens with two attached hydrogens (primary N) is 1. The van der Waals surface area contributed by atoms with Crippen LogP contribution in [-0.4, -0.2) is 31.8 Å². The molecule has 0 spiro atoms. The van der Waals surface area contributed by atoms with Gasteiger partial charge < -0.3 is 19.9 Å². The monoisotopic (exact) mass is 444 g/mol. The van der Waals surface area contributed by atoms with Crippen LogP contribution in [0.4, 0.5) is 5.82 Å². The van der Waals surface area contributed by atoms with E-state index in [9.17, 15) is 4.79 Å². The fourth-order valence-corrected chi connectivity index (χ4v) is 3.55. The molecule has 2 aromatic carbocycles. The molecular formula is C21H21BrN2O4. The highest BCUT2D eigenvalue weighted by Crippen LogP contribution is 2.37. The molecule has 3 rings (SSSR count). The van der Waals surface area contributed by atoms with Crippen LogP contribution < -0.4 is 15.2 Å². The molecule has 2 N–H and O–H groups in total. The Bertz CT molecular complexity index is 1020. The number of ether oxygens (including phenoxy) is 3. The molecule has 0 bridgehead atoms. The molecule has 1 aromatic heterocycles. The second kappa shape index (κ2) is 8.48. The number of pyridine rings is 1. The van der Waals surface area contributed by atoms with Gasteiger partial charge in [0.25, 0.3) is 0 Å². The molecule has 0 aliphatic heterocycles. The summed E-state index contributed by atoms with van der Waals surface area (Å²) in [5.41, 5.74) is 8.78. The van der Waals surface area contributed by atoms with Crippen LogP contribution in [0.2, 0.25) is 0 Å². The normalized spacial score (nSPS) is 10.7. The van der Waals surface area contributed by atoms with Gasteiger partial charge in [-0.1, -0.05) is 12.1 Å². The lowest BCUT2D eigenvalue weighted by Crippen LogP contribution is -2.14. The SMILES string of the molecule is CCOC(=O)c1c(N)nc2c(Br)ccc(OC)c2c1Cc1ccc(OC)cc1. The van der Waals surface area contributed by atoms with Crippen molar-refractivity contribution in [2.24, 2.45) is 0 Å². The summed E-state index contributed by atoms with van der Waals surface area (Å²) in [6, 6.07) is 11.3. The first-order valence-corrected chi connectivity index (χ1v) is 9.54. The van der Waals surface area contributed by atoms with Gasteiger partial charge in [0, 0.05) is 9.86 Å². The average molecular weight is 445 g/mol. The second-order valence-corrected chi connectivity index (χ2v) is 6.92. The molecule has 7 heteroatoms. The van der Waals surface area contributed by atoms with Crippen LogP contribution >= 0.6 is 15.9 Å². The Morgan fingerprint density at radius 2 is 1.82 bits per heavy atom. The molecule has 0 atom stereocenters. The van der Waals surface area contributed by atoms with E-state index in [1.165, 1.54) is 0 Å². The lowest BCUT2D eigenvalue weighted by molar-refractivity contribution is 0.0526. The van der Waals surface area contributed by atoms with Crippen molar-refractivity contribution >= 4 is 38.6 Å². The fourth-order valence-electron chi connectivity index (χ4n) is 3.13. The molecule has 1 heterocycles. The summed E-state index contributed by atoms with van der Waals surface area (Å²) >= 11 is 3.52. The summed E-state index contributed by atoms with van der Waals surface area (Å²) in [6.07, 6.45) is 0.453. The van der Waals surface area contributed by atoms with E-state index in [1.807, 2.05) is 36.4 Å². The van der Waals surface area contributed by atoms with Gasteiger partial charge in [-0.25, -0.2) is 9.78 Å². The van der Waals surface area contributed by atoms with Crippen molar-refractivity contribution < 1.29 is 19.0 Å². The molecule has 0 fully saturated rings. The molecule has 0 aliphatic carbocycles. The van der Waals surface area contributed by atoms with Crippen molar-refractivity contribution in [2.75, 3.05) is 26.6 Å². The van der Waals surface area contributed by atoms with Gasteiger partial charge in [-0.3, -0.25) is 0 Å². The third kappa shape index (κ3) is 3.75. The number of esters is 1. The van der Waals surface area contributed by atoms with Gasteiger partial charge in [-0.15, -0.1) is 0 Å². The van der Waals surface area contributed by atoms with Crippen molar-refractivity contribution in [1.29, 1.82) is 0 Å². The zero-order valence-corrected chi connectivity index (χ0v) is 17.5. The summed E-state index contributed by atoms with van der Waals surface area (Å²) in [7, 11) is 3.20. The molecule has 0 radical (unpaired) electrons. The predicted octanol–water partition coefficient (Wildman–Crippen LogP) is 4.36. The van der Waals surface area contributed by atoms with E-state index in [1.54, 1.807) is 21.1 Å². The molecule has 0 amide bonds. The molecule has 6 nitrogen and oxygen atoms in total. The smallest absolute Gasteiger partial charge is 0.342 e. The zero-order chi connectivity index (χ0) is 20.3. The van der Waals surface area contributed by atoms with Crippen LogP contribution in [0.15, 0.2) is 40.9 Å². The number of halogens is 1. The van der Waals surface area contributed by atoms with Crippen LogP contribution in [0.1, 0.15) is 28.4 Å². The van der Waals surface area contributed by atoms with E-state index >= 15 is 0 Å². The Labute approximate surface area is 171 Å². The van der Waals surface area contributed by atoms with Crippen LogP contribution in [0.5, 0.6) is 11.5 Å². The minimum atomic E-state index is -0.500. The number of nitrogens with zero attached hydrogens (tertiary/aromatic N) is 1. The third-order valence-corrected chi connectivity index (χ3v) is 5.06. The Morgan fingerprint density at radius 3 is 2.43 bits per heavy atom. The predicted molar refractivity (Wildman–Crippen MR) is 112 cm³/mol. The number of hydrogen-bond acceptors (Lipinski definition) is 6. The zero-order valence-electron chi connectivity index (χ0n) is 15.9. The highest BCUT2D eigenvalue weighted by molar-refractivity contribution is 9.10. The molecular weight excluding hydrogens is 424 g/mol. The van der Waals surface area contributed by atoms with Crippen LogP contribution in [0, 0.1) is 0 Å². The first-order chi connectivity index (χ1) is 13.5. The van der Waals surface area contributed by atoms with Crippen molar-refractivity contribution in [2.45, 2.75) is 13.3 Å². The van der Waals surface area contributed by atoms with E-state index in [0.717, 1.165) is 21.2 Å². The minimum Gasteiger partial charge on any atom is -0.497 e. The van der Waals surface area contributed by atoms with Gasteiger partial charge in [0.05, 0.1) is 26.3 Å². The molecule has 0 unspecified atom stereocenters. The number of nitrogen functional groups attached to an aromatic ring is 1. The van der Waals surface area contributed by atoms with Crippen molar-refractivity contribution in [3.8, 4) is 11.5 Å². The van der Waals surface area contributed by atoms with Crippen LogP contribution in [0.3, 0.4) is 0 Å². The third-order valence-electron chi connectivity index (χ3n) is 4.42. The summed E-state index contributed by atoms with van der Waals surface area (Å²) in [4.78, 5) is 17.1. The quantitative estimate of drug-likeness (QED) is 0.568. The molecule has 28 heavy (non-hydrogen) atoms. The number of aromatic nitrogens is 1. The van der Waals surface area contributed by atoms with Crippen LogP contribution in [0.25, 0.3) is 10.9 Å². The highest BCUT2D eigenvalue weighted by atomic mass is 79.9. The summed E-state index contributed by atoms with van der Waals surface area (Å²) in [5, 5.41) is 0.727. The van der Waals surface area contributed by atoms with Gasteiger partial charge >= 0.3 is 5.97 Å². The van der Waals surface area contributed by atoms with E-state index in [2.05, 4.69) is 20.9 Å². The number of carbonyl (C=O) groups excluding carboxylic acids is 1. The number of rotatable bonds is 6. The number of fused-ring (bicyclic) bond motifs is 1. The first-order valence-electron chi connectivity index (χ1n) is 8.74. The Hall–Kier alpha value is -2.80. The largest absolute Gasteiger partial charge is 0.497 e. The minimum absolute atomic E-state index is 0.128. The van der Waals surface area contributed by atoms with Crippen molar-refractivity contribution in [3.05, 3.63) is 57.6 Å². The molecule has 3 aromatic rings. The Balaban J connectivity index is 2.29. The summed E-state index contributed by atoms with van der Waals surface area (Å²) < 4.78 is 16.8.